The van der Waals surface area contributed by atoms with Gasteiger partial charge in [0, 0.05) is 17.6 Å². The number of carbonyl (C=O) groups excluding carboxylic acids is 1. The maximum atomic E-state index is 10.7. The van der Waals surface area contributed by atoms with Gasteiger partial charge in [-0.25, -0.2) is 0 Å². The van der Waals surface area contributed by atoms with Gasteiger partial charge in [-0.2, -0.15) is 0 Å². The standard InChI is InChI=1S/C18H27NO2/c1-15-7-5-8-16(2)19(15)11-3-4-12-21-18-10-6-9-17(13-18)14-20/h6,9-10,13-16H,3-5,7-8,11-12H2,1-2H3. The highest BCUT2D eigenvalue weighted by Gasteiger charge is 2.23. The van der Waals surface area contributed by atoms with Crippen molar-refractivity contribution in [1.82, 2.24) is 4.90 Å². The molecule has 3 heteroatoms. The van der Waals surface area contributed by atoms with Crippen LogP contribution in [0.1, 0.15) is 56.3 Å². The molecule has 2 rings (SSSR count). The van der Waals surface area contributed by atoms with E-state index in [0.29, 0.717) is 5.56 Å². The maximum Gasteiger partial charge on any atom is 0.150 e. The number of ether oxygens (including phenoxy) is 1. The van der Waals surface area contributed by atoms with Gasteiger partial charge in [0.05, 0.1) is 6.61 Å². The number of hydrogen-bond donors (Lipinski definition) is 0. The number of carbonyl (C=O) groups is 1. The zero-order chi connectivity index (χ0) is 15.1. The number of piperidine rings is 1. The minimum atomic E-state index is 0.670. The van der Waals surface area contributed by atoms with Crippen molar-refractivity contribution >= 4 is 6.29 Å². The Morgan fingerprint density at radius 2 is 2.00 bits per heavy atom. The van der Waals surface area contributed by atoms with Gasteiger partial charge in [-0.05, 0) is 58.2 Å². The van der Waals surface area contributed by atoms with Crippen molar-refractivity contribution in [3.8, 4) is 5.75 Å². The smallest absolute Gasteiger partial charge is 0.150 e. The number of aldehydes is 1. The van der Waals surface area contributed by atoms with Crippen LogP contribution in [0.15, 0.2) is 24.3 Å². The van der Waals surface area contributed by atoms with E-state index in [4.69, 9.17) is 4.74 Å². The molecule has 0 radical (unpaired) electrons. The Balaban J connectivity index is 1.66. The number of hydrogen-bond acceptors (Lipinski definition) is 3. The molecular weight excluding hydrogens is 262 g/mol. The van der Waals surface area contributed by atoms with E-state index in [0.717, 1.165) is 37.1 Å². The topological polar surface area (TPSA) is 29.5 Å². The second-order valence-corrected chi connectivity index (χ2v) is 6.11. The largest absolute Gasteiger partial charge is 0.494 e. The van der Waals surface area contributed by atoms with Crippen molar-refractivity contribution < 1.29 is 9.53 Å². The summed E-state index contributed by atoms with van der Waals surface area (Å²) in [6.07, 6.45) is 7.11. The van der Waals surface area contributed by atoms with Crippen LogP contribution in [0.4, 0.5) is 0 Å². The average Bonchev–Trinajstić information content (AvgIpc) is 2.50. The lowest BCUT2D eigenvalue weighted by Crippen LogP contribution is -2.44. The van der Waals surface area contributed by atoms with Crippen LogP contribution in [0.5, 0.6) is 5.75 Å². The van der Waals surface area contributed by atoms with Crippen LogP contribution >= 0.6 is 0 Å². The molecule has 0 bridgehead atoms. The number of rotatable bonds is 7. The van der Waals surface area contributed by atoms with Gasteiger partial charge in [0.2, 0.25) is 0 Å². The molecule has 1 aliphatic rings. The summed E-state index contributed by atoms with van der Waals surface area (Å²) in [5.41, 5.74) is 0.670. The third-order valence-corrected chi connectivity index (χ3v) is 4.45. The van der Waals surface area contributed by atoms with Gasteiger partial charge in [-0.3, -0.25) is 9.69 Å². The zero-order valence-corrected chi connectivity index (χ0v) is 13.3. The Kier molecular flexibility index (Phi) is 6.24. The van der Waals surface area contributed by atoms with Gasteiger partial charge in [0.15, 0.2) is 0 Å². The first kappa shape index (κ1) is 16.0. The zero-order valence-electron chi connectivity index (χ0n) is 13.3. The van der Waals surface area contributed by atoms with Crippen molar-refractivity contribution in [3.05, 3.63) is 29.8 Å². The van der Waals surface area contributed by atoms with Crippen molar-refractivity contribution in [1.29, 1.82) is 0 Å². The van der Waals surface area contributed by atoms with Gasteiger partial charge in [-0.1, -0.05) is 18.6 Å². The molecule has 3 nitrogen and oxygen atoms in total. The molecule has 1 saturated heterocycles. The van der Waals surface area contributed by atoms with E-state index in [2.05, 4.69) is 18.7 Å². The predicted molar refractivity (Wildman–Crippen MR) is 86.0 cm³/mol. The molecule has 2 atom stereocenters. The molecule has 2 unspecified atom stereocenters. The van der Waals surface area contributed by atoms with E-state index in [9.17, 15) is 4.79 Å². The van der Waals surface area contributed by atoms with Crippen molar-refractivity contribution in [3.63, 3.8) is 0 Å². The summed E-state index contributed by atoms with van der Waals surface area (Å²) in [4.78, 5) is 13.3. The Hall–Kier alpha value is -1.35. The first-order chi connectivity index (χ1) is 10.2. The van der Waals surface area contributed by atoms with Gasteiger partial charge in [0.1, 0.15) is 12.0 Å². The Labute approximate surface area is 128 Å². The van der Waals surface area contributed by atoms with Crippen molar-refractivity contribution in [2.24, 2.45) is 0 Å². The fraction of sp³-hybridized carbons (Fsp3) is 0.611. The van der Waals surface area contributed by atoms with Crippen LogP contribution < -0.4 is 4.74 Å². The molecular formula is C18H27NO2. The van der Waals surface area contributed by atoms with Crippen LogP contribution in [0.2, 0.25) is 0 Å². The monoisotopic (exact) mass is 289 g/mol. The van der Waals surface area contributed by atoms with Crippen molar-refractivity contribution in [2.75, 3.05) is 13.2 Å². The predicted octanol–water partition coefficient (Wildman–Crippen LogP) is 3.92. The summed E-state index contributed by atoms with van der Waals surface area (Å²) in [6.45, 7) is 6.58. The van der Waals surface area contributed by atoms with E-state index < -0.39 is 0 Å². The number of likely N-dealkylation sites (tertiary alicyclic amines) is 1. The summed E-state index contributed by atoms with van der Waals surface area (Å²) in [5, 5.41) is 0. The number of benzene rings is 1. The number of nitrogens with zero attached hydrogens (tertiary/aromatic N) is 1. The van der Waals surface area contributed by atoms with E-state index in [1.54, 1.807) is 12.1 Å². The SMILES string of the molecule is CC1CCCC(C)N1CCCCOc1cccc(C=O)c1. The molecule has 116 valence electrons. The minimum Gasteiger partial charge on any atom is -0.494 e. The molecule has 1 aromatic carbocycles. The van der Waals surface area contributed by atoms with Gasteiger partial charge in [-0.15, -0.1) is 0 Å². The first-order valence-electron chi connectivity index (χ1n) is 8.14. The highest BCUT2D eigenvalue weighted by atomic mass is 16.5. The summed E-state index contributed by atoms with van der Waals surface area (Å²) >= 11 is 0. The third-order valence-electron chi connectivity index (χ3n) is 4.45. The summed E-state index contributed by atoms with van der Waals surface area (Å²) in [6, 6.07) is 8.79. The lowest BCUT2D eigenvalue weighted by molar-refractivity contribution is 0.0996. The van der Waals surface area contributed by atoms with E-state index in [-0.39, 0.29) is 0 Å². The highest BCUT2D eigenvalue weighted by Crippen LogP contribution is 2.22. The van der Waals surface area contributed by atoms with Crippen LogP contribution in [-0.4, -0.2) is 36.4 Å². The summed E-state index contributed by atoms with van der Waals surface area (Å²) in [5.74, 6) is 0.791. The lowest BCUT2D eigenvalue weighted by atomic mass is 9.97. The molecule has 1 fully saturated rings. The van der Waals surface area contributed by atoms with Crippen LogP contribution in [-0.2, 0) is 0 Å². The number of unbranched alkanes of at least 4 members (excludes halogenated alkanes) is 1. The van der Waals surface area contributed by atoms with Gasteiger partial charge < -0.3 is 4.74 Å². The lowest BCUT2D eigenvalue weighted by Gasteiger charge is -2.39. The molecule has 0 spiro atoms. The fourth-order valence-electron chi connectivity index (χ4n) is 3.18. The molecule has 0 N–H and O–H groups in total. The normalized spacial score (nSPS) is 23.0. The molecule has 0 aromatic heterocycles. The highest BCUT2D eigenvalue weighted by molar-refractivity contribution is 5.75. The summed E-state index contributed by atoms with van der Waals surface area (Å²) < 4.78 is 5.71. The molecule has 0 saturated carbocycles. The summed E-state index contributed by atoms with van der Waals surface area (Å²) in [7, 11) is 0. The van der Waals surface area contributed by atoms with Gasteiger partial charge >= 0.3 is 0 Å². The first-order valence-corrected chi connectivity index (χ1v) is 8.14. The molecule has 0 aliphatic carbocycles. The average molecular weight is 289 g/mol. The molecule has 1 aliphatic heterocycles. The Morgan fingerprint density at radius 3 is 2.71 bits per heavy atom. The van der Waals surface area contributed by atoms with Crippen LogP contribution in [0, 0.1) is 0 Å². The van der Waals surface area contributed by atoms with Crippen molar-refractivity contribution in [2.45, 2.75) is 58.0 Å². The second-order valence-electron chi connectivity index (χ2n) is 6.11. The Morgan fingerprint density at radius 1 is 1.24 bits per heavy atom. The van der Waals surface area contributed by atoms with Gasteiger partial charge in [0.25, 0.3) is 0 Å². The second kappa shape index (κ2) is 8.18. The van der Waals surface area contributed by atoms with Crippen LogP contribution in [0.3, 0.4) is 0 Å². The van der Waals surface area contributed by atoms with E-state index >= 15 is 0 Å². The quantitative estimate of drug-likeness (QED) is 0.563. The Bertz CT molecular complexity index is 437. The van der Waals surface area contributed by atoms with E-state index in [1.807, 2.05) is 12.1 Å². The third kappa shape index (κ3) is 4.85. The maximum absolute atomic E-state index is 10.7. The fourth-order valence-corrected chi connectivity index (χ4v) is 3.18. The molecule has 1 heterocycles. The molecule has 0 amide bonds. The van der Waals surface area contributed by atoms with Crippen LogP contribution in [0.25, 0.3) is 0 Å². The molecule has 1 aromatic rings. The molecule has 21 heavy (non-hydrogen) atoms. The van der Waals surface area contributed by atoms with E-state index in [1.165, 1.54) is 32.2 Å². The minimum absolute atomic E-state index is 0.670.